The number of amides is 1. The van der Waals surface area contributed by atoms with Gasteiger partial charge >= 0.3 is 16.1 Å². The van der Waals surface area contributed by atoms with Crippen LogP contribution >= 0.6 is 0 Å². The summed E-state index contributed by atoms with van der Waals surface area (Å²) in [5, 5.41) is 0. The van der Waals surface area contributed by atoms with E-state index >= 15 is 0 Å². The molecule has 0 saturated carbocycles. The maximum atomic E-state index is 11.4. The zero-order valence-corrected chi connectivity index (χ0v) is 9.32. The van der Waals surface area contributed by atoms with E-state index in [-0.39, 0.29) is 24.9 Å². The third-order valence-corrected chi connectivity index (χ3v) is 3.74. The summed E-state index contributed by atoms with van der Waals surface area (Å²) >= 11 is 0. The Hall–Kier alpha value is -0.330. The molecular formula is C6H13ClN2O3S. The van der Waals surface area contributed by atoms with E-state index in [1.54, 1.807) is 20.8 Å². The lowest BCUT2D eigenvalue weighted by Gasteiger charge is -2.08. The lowest BCUT2D eigenvalue weighted by atomic mass is 10.1. The average molecular weight is 229 g/mol. The summed E-state index contributed by atoms with van der Waals surface area (Å²) in [5.74, 6) is -0.343. The highest BCUT2D eigenvalue weighted by molar-refractivity contribution is 7.83. The minimum absolute atomic E-state index is 0. The molecule has 1 aliphatic heterocycles. The summed E-state index contributed by atoms with van der Waals surface area (Å²) in [5.41, 5.74) is -0.866. The van der Waals surface area contributed by atoms with Crippen molar-refractivity contribution < 1.29 is 30.3 Å². The van der Waals surface area contributed by atoms with Gasteiger partial charge in [-0.05, 0) is 6.92 Å². The quantitative estimate of drug-likeness (QED) is 0.491. The van der Waals surface area contributed by atoms with Crippen molar-refractivity contribution in [2.45, 2.75) is 26.3 Å². The van der Waals surface area contributed by atoms with E-state index in [9.17, 15) is 13.2 Å². The summed E-state index contributed by atoms with van der Waals surface area (Å²) in [7, 11) is -3.44. The van der Waals surface area contributed by atoms with Crippen molar-refractivity contribution in [1.29, 1.82) is 0 Å². The van der Waals surface area contributed by atoms with Crippen molar-refractivity contribution in [2.24, 2.45) is 0 Å². The zero-order valence-electron chi connectivity index (χ0n) is 7.74. The molecule has 0 spiro atoms. The standard InChI is InChI=1S/C6H12N2O3S.ClH/c1-4-8-5(9)6(2,3)7-12(8,10)11;/h7H,4H2,1-3H3;1H. The van der Waals surface area contributed by atoms with E-state index in [2.05, 4.69) is 0 Å². The minimum atomic E-state index is -3.44. The van der Waals surface area contributed by atoms with Gasteiger partial charge in [-0.1, -0.05) is 0 Å². The molecule has 0 aromatic carbocycles. The smallest absolute Gasteiger partial charge is 0.396 e. The van der Waals surface area contributed by atoms with Crippen LogP contribution in [0.1, 0.15) is 20.8 Å². The number of rotatable bonds is 1. The van der Waals surface area contributed by atoms with Crippen LogP contribution in [-0.2, 0) is 15.0 Å². The predicted octanol–water partition coefficient (Wildman–Crippen LogP) is -4.56. The van der Waals surface area contributed by atoms with Crippen molar-refractivity contribution in [1.82, 2.24) is 4.31 Å². The molecule has 1 amide bonds. The molecule has 1 fully saturated rings. The van der Waals surface area contributed by atoms with Crippen LogP contribution in [0, 0.1) is 0 Å². The van der Waals surface area contributed by atoms with Gasteiger partial charge in [-0.2, -0.15) is 12.7 Å². The summed E-state index contributed by atoms with van der Waals surface area (Å²) in [6, 6.07) is 0. The van der Waals surface area contributed by atoms with Gasteiger partial charge in [-0.15, -0.1) is 0 Å². The van der Waals surface area contributed by atoms with Crippen LogP contribution in [0.5, 0.6) is 0 Å². The fourth-order valence-electron chi connectivity index (χ4n) is 1.25. The van der Waals surface area contributed by atoms with Crippen LogP contribution in [0.2, 0.25) is 0 Å². The second-order valence-electron chi connectivity index (χ2n) is 3.35. The molecule has 13 heavy (non-hydrogen) atoms. The average Bonchev–Trinajstić information content (AvgIpc) is 1.98. The predicted molar refractivity (Wildman–Crippen MR) is 42.3 cm³/mol. The Bertz CT molecular complexity index is 312. The topological polar surface area (TPSA) is 71.1 Å². The molecule has 0 unspecified atom stereocenters. The molecule has 0 aromatic heterocycles. The SMILES string of the molecule is CCN1C(=O)C(C)(C)[NH2+]S1(=O)=O.[Cl-]. The summed E-state index contributed by atoms with van der Waals surface area (Å²) in [6.45, 7) is 5.05. The van der Waals surface area contributed by atoms with Crippen LogP contribution < -0.4 is 17.1 Å². The Balaban J connectivity index is 0.00000144. The number of carbonyl (C=O) groups excluding carboxylic acids is 1. The second kappa shape index (κ2) is 3.43. The third-order valence-electron chi connectivity index (χ3n) is 1.82. The first-order valence-corrected chi connectivity index (χ1v) is 5.24. The fourth-order valence-corrected chi connectivity index (χ4v) is 3.05. The van der Waals surface area contributed by atoms with Gasteiger partial charge in [0.25, 0.3) is 0 Å². The first kappa shape index (κ1) is 12.7. The monoisotopic (exact) mass is 228 g/mol. The number of hydrogen-bond donors (Lipinski definition) is 1. The zero-order chi connectivity index (χ0) is 9.57. The van der Waals surface area contributed by atoms with E-state index in [4.69, 9.17) is 0 Å². The van der Waals surface area contributed by atoms with Gasteiger partial charge in [0.1, 0.15) is 0 Å². The largest absolute Gasteiger partial charge is 1.00 e. The van der Waals surface area contributed by atoms with E-state index in [1.807, 2.05) is 0 Å². The molecule has 0 radical (unpaired) electrons. The molecular weight excluding hydrogens is 216 g/mol. The highest BCUT2D eigenvalue weighted by Crippen LogP contribution is 2.12. The number of likely N-dealkylation sites (N-methyl/N-ethyl adjacent to an activating group) is 1. The normalized spacial score (nSPS) is 24.2. The molecule has 0 atom stereocenters. The number of halogens is 1. The van der Waals surface area contributed by atoms with Gasteiger partial charge < -0.3 is 12.4 Å². The van der Waals surface area contributed by atoms with Crippen molar-refractivity contribution in [2.75, 3.05) is 6.54 Å². The Labute approximate surface area is 84.1 Å². The molecule has 0 bridgehead atoms. The lowest BCUT2D eigenvalue weighted by molar-refractivity contribution is -0.554. The van der Waals surface area contributed by atoms with E-state index in [0.29, 0.717) is 0 Å². The highest BCUT2D eigenvalue weighted by Gasteiger charge is 2.52. The first-order valence-electron chi connectivity index (χ1n) is 3.74. The van der Waals surface area contributed by atoms with E-state index in [1.165, 1.54) is 0 Å². The second-order valence-corrected chi connectivity index (χ2v) is 5.06. The lowest BCUT2D eigenvalue weighted by Crippen LogP contribution is -3.00. The molecule has 1 aliphatic rings. The third kappa shape index (κ3) is 1.95. The Morgan fingerprint density at radius 2 is 1.92 bits per heavy atom. The summed E-state index contributed by atoms with van der Waals surface area (Å²) in [4.78, 5) is 11.4. The first-order chi connectivity index (χ1) is 5.31. The van der Waals surface area contributed by atoms with Crippen LogP contribution in [0.3, 0.4) is 0 Å². The molecule has 1 saturated heterocycles. The van der Waals surface area contributed by atoms with Crippen LogP contribution in [-0.4, -0.2) is 30.7 Å². The molecule has 1 heterocycles. The maximum absolute atomic E-state index is 11.4. The van der Waals surface area contributed by atoms with Crippen LogP contribution in [0.25, 0.3) is 0 Å². The molecule has 1 rings (SSSR count). The van der Waals surface area contributed by atoms with Crippen molar-refractivity contribution in [3.63, 3.8) is 0 Å². The van der Waals surface area contributed by atoms with Crippen LogP contribution in [0.4, 0.5) is 0 Å². The molecule has 78 valence electrons. The fraction of sp³-hybridized carbons (Fsp3) is 0.833. The van der Waals surface area contributed by atoms with Gasteiger partial charge in [-0.25, -0.2) is 4.72 Å². The number of hydrogen-bond acceptors (Lipinski definition) is 3. The van der Waals surface area contributed by atoms with E-state index in [0.717, 1.165) is 9.03 Å². The number of nitrogens with zero attached hydrogens (tertiary/aromatic N) is 1. The number of carbonyl (C=O) groups is 1. The van der Waals surface area contributed by atoms with Crippen molar-refractivity contribution in [3.05, 3.63) is 0 Å². The Morgan fingerprint density at radius 1 is 1.46 bits per heavy atom. The molecule has 0 aromatic rings. The van der Waals surface area contributed by atoms with Gasteiger partial charge in [0, 0.05) is 20.4 Å². The Morgan fingerprint density at radius 3 is 2.08 bits per heavy atom. The van der Waals surface area contributed by atoms with Crippen molar-refractivity contribution >= 4 is 16.1 Å². The van der Waals surface area contributed by atoms with Crippen molar-refractivity contribution in [3.8, 4) is 0 Å². The molecule has 7 heteroatoms. The Kier molecular flexibility index (Phi) is 3.35. The van der Waals surface area contributed by atoms with E-state index < -0.39 is 15.7 Å². The summed E-state index contributed by atoms with van der Waals surface area (Å²) in [6.07, 6.45) is 0. The van der Waals surface area contributed by atoms with Crippen LogP contribution in [0.15, 0.2) is 0 Å². The van der Waals surface area contributed by atoms with Gasteiger partial charge in [-0.3, -0.25) is 4.79 Å². The maximum Gasteiger partial charge on any atom is 0.396 e. The molecule has 2 N–H and O–H groups in total. The number of nitrogens with two attached hydrogens (primary N) is 1. The van der Waals surface area contributed by atoms with Gasteiger partial charge in [0.05, 0.1) is 0 Å². The summed E-state index contributed by atoms with van der Waals surface area (Å²) < 4.78 is 24.5. The molecule has 5 nitrogen and oxygen atoms in total. The van der Waals surface area contributed by atoms with Gasteiger partial charge in [0.2, 0.25) is 0 Å². The minimum Gasteiger partial charge on any atom is -1.00 e. The molecule has 0 aliphatic carbocycles. The van der Waals surface area contributed by atoms with Gasteiger partial charge in [0.15, 0.2) is 5.54 Å². The number of quaternary nitrogens is 1. The highest BCUT2D eigenvalue weighted by atomic mass is 35.5.